The van der Waals surface area contributed by atoms with Crippen LogP contribution in [0.2, 0.25) is 0 Å². The van der Waals surface area contributed by atoms with Crippen LogP contribution in [0.25, 0.3) is 0 Å². The van der Waals surface area contributed by atoms with Crippen molar-refractivity contribution in [2.75, 3.05) is 40.3 Å². The summed E-state index contributed by atoms with van der Waals surface area (Å²) in [6.07, 6.45) is -2.74. The molecule has 1 N–H and O–H groups in total. The number of hydrogen-bond acceptors (Lipinski definition) is 3. The Morgan fingerprint density at radius 3 is 2.21 bits per heavy atom. The number of rotatable bonds is 7. The lowest BCUT2D eigenvalue weighted by molar-refractivity contribution is -0.137. The van der Waals surface area contributed by atoms with Crippen LogP contribution in [0.3, 0.4) is 0 Å². The van der Waals surface area contributed by atoms with Crippen molar-refractivity contribution in [1.29, 1.82) is 0 Å². The second-order valence-electron chi connectivity index (χ2n) is 8.86. The third-order valence-corrected chi connectivity index (χ3v) is 5.13. The molecule has 1 aliphatic rings. The van der Waals surface area contributed by atoms with Crippen molar-refractivity contribution in [3.63, 3.8) is 0 Å². The zero-order valence-electron chi connectivity index (χ0n) is 17.3. The topological polar surface area (TPSA) is 35.6 Å². The Hall–Kier alpha value is -1.60. The minimum absolute atomic E-state index is 0.0130. The van der Waals surface area contributed by atoms with Gasteiger partial charge in [0.15, 0.2) is 0 Å². The van der Waals surface area contributed by atoms with E-state index in [4.69, 9.17) is 0 Å². The van der Waals surface area contributed by atoms with Gasteiger partial charge in [-0.15, -0.1) is 0 Å². The van der Waals surface area contributed by atoms with E-state index in [2.05, 4.69) is 29.0 Å². The number of benzene rings is 1. The first-order valence-electron chi connectivity index (χ1n) is 9.77. The van der Waals surface area contributed by atoms with Crippen molar-refractivity contribution < 1.29 is 18.0 Å². The van der Waals surface area contributed by atoms with Crippen molar-refractivity contribution in [3.8, 4) is 0 Å². The molecule has 1 fully saturated rings. The highest BCUT2D eigenvalue weighted by Gasteiger charge is 2.30. The van der Waals surface area contributed by atoms with Gasteiger partial charge in [-0.1, -0.05) is 26.0 Å². The number of alkyl halides is 3. The van der Waals surface area contributed by atoms with Gasteiger partial charge < -0.3 is 10.2 Å². The summed E-state index contributed by atoms with van der Waals surface area (Å²) in [4.78, 5) is 16.8. The van der Waals surface area contributed by atoms with E-state index in [9.17, 15) is 18.0 Å². The van der Waals surface area contributed by atoms with E-state index in [0.29, 0.717) is 13.1 Å². The van der Waals surface area contributed by atoms with Crippen LogP contribution in [-0.4, -0.2) is 56.0 Å². The van der Waals surface area contributed by atoms with Crippen LogP contribution in [-0.2, 0) is 17.5 Å². The van der Waals surface area contributed by atoms with Crippen molar-refractivity contribution in [1.82, 2.24) is 15.1 Å². The van der Waals surface area contributed by atoms with Gasteiger partial charge in [0.25, 0.3) is 0 Å². The fourth-order valence-electron chi connectivity index (χ4n) is 3.79. The zero-order valence-corrected chi connectivity index (χ0v) is 17.3. The maximum absolute atomic E-state index is 12.6. The number of hydrogen-bond donors (Lipinski definition) is 1. The molecule has 1 heterocycles. The SMILES string of the molecule is CN(C)CC(C)(C)CNC(=O)C1CCN(Cc2ccc(C(F)(F)F)cc2)CC1. The molecule has 0 radical (unpaired) electrons. The van der Waals surface area contributed by atoms with Gasteiger partial charge in [0.05, 0.1) is 5.56 Å². The summed E-state index contributed by atoms with van der Waals surface area (Å²) in [5.74, 6) is 0.125. The van der Waals surface area contributed by atoms with Crippen molar-refractivity contribution in [2.45, 2.75) is 39.4 Å². The summed E-state index contributed by atoms with van der Waals surface area (Å²) in [6.45, 7) is 8.00. The van der Waals surface area contributed by atoms with Crippen LogP contribution in [0.15, 0.2) is 24.3 Å². The quantitative estimate of drug-likeness (QED) is 0.761. The molecule has 0 unspecified atom stereocenters. The minimum atomic E-state index is -4.30. The highest BCUT2D eigenvalue weighted by atomic mass is 19.4. The molecule has 1 saturated heterocycles. The Labute approximate surface area is 166 Å². The smallest absolute Gasteiger partial charge is 0.355 e. The molecule has 1 aromatic rings. The lowest BCUT2D eigenvalue weighted by Crippen LogP contribution is -2.44. The van der Waals surface area contributed by atoms with Gasteiger partial charge in [-0.25, -0.2) is 0 Å². The van der Waals surface area contributed by atoms with Gasteiger partial charge in [0.2, 0.25) is 5.91 Å². The maximum atomic E-state index is 12.6. The van der Waals surface area contributed by atoms with Gasteiger partial charge in [0.1, 0.15) is 0 Å². The fraction of sp³-hybridized carbons (Fsp3) is 0.667. The first-order valence-corrected chi connectivity index (χ1v) is 9.77. The number of carbonyl (C=O) groups is 1. The molecule has 7 heteroatoms. The first kappa shape index (κ1) is 22.7. The van der Waals surface area contributed by atoms with Crippen LogP contribution in [0.5, 0.6) is 0 Å². The van der Waals surface area contributed by atoms with E-state index in [1.165, 1.54) is 12.1 Å². The summed E-state index contributed by atoms with van der Waals surface area (Å²) in [5, 5.41) is 3.09. The molecule has 1 aromatic carbocycles. The predicted octanol–water partition coefficient (Wildman–Crippen LogP) is 3.62. The van der Waals surface area contributed by atoms with E-state index < -0.39 is 11.7 Å². The monoisotopic (exact) mass is 399 g/mol. The molecule has 0 bridgehead atoms. The van der Waals surface area contributed by atoms with E-state index in [1.54, 1.807) is 0 Å². The second-order valence-corrected chi connectivity index (χ2v) is 8.86. The summed E-state index contributed by atoms with van der Waals surface area (Å²) in [6, 6.07) is 5.33. The summed E-state index contributed by atoms with van der Waals surface area (Å²) < 4.78 is 37.9. The number of halogens is 3. The highest BCUT2D eigenvalue weighted by Crippen LogP contribution is 2.29. The Kier molecular flexibility index (Phi) is 7.51. The molecule has 1 aliphatic heterocycles. The van der Waals surface area contributed by atoms with Crippen LogP contribution in [0, 0.1) is 11.3 Å². The summed E-state index contributed by atoms with van der Waals surface area (Å²) in [5.41, 5.74) is 0.257. The third-order valence-electron chi connectivity index (χ3n) is 5.13. The largest absolute Gasteiger partial charge is 0.416 e. The van der Waals surface area contributed by atoms with E-state index >= 15 is 0 Å². The van der Waals surface area contributed by atoms with Crippen molar-refractivity contribution in [3.05, 3.63) is 35.4 Å². The third kappa shape index (κ3) is 7.09. The lowest BCUT2D eigenvalue weighted by Gasteiger charge is -2.33. The summed E-state index contributed by atoms with van der Waals surface area (Å²) >= 11 is 0. The van der Waals surface area contributed by atoms with Crippen LogP contribution < -0.4 is 5.32 Å². The number of nitrogens with zero attached hydrogens (tertiary/aromatic N) is 2. The van der Waals surface area contributed by atoms with Crippen LogP contribution >= 0.6 is 0 Å². The van der Waals surface area contributed by atoms with Gasteiger partial charge in [0, 0.05) is 25.6 Å². The molecule has 0 aliphatic carbocycles. The van der Waals surface area contributed by atoms with Gasteiger partial charge >= 0.3 is 6.18 Å². The zero-order chi connectivity index (χ0) is 20.9. The molecule has 0 atom stereocenters. The van der Waals surface area contributed by atoms with Gasteiger partial charge in [-0.05, 0) is 63.1 Å². The molecule has 0 aromatic heterocycles. The maximum Gasteiger partial charge on any atom is 0.416 e. The van der Waals surface area contributed by atoms with Gasteiger partial charge in [-0.3, -0.25) is 9.69 Å². The predicted molar refractivity (Wildman–Crippen MR) is 105 cm³/mol. The van der Waals surface area contributed by atoms with E-state index in [-0.39, 0.29) is 17.2 Å². The molecule has 1 amide bonds. The van der Waals surface area contributed by atoms with Crippen LogP contribution in [0.4, 0.5) is 13.2 Å². The molecule has 0 spiro atoms. The number of piperidine rings is 1. The highest BCUT2D eigenvalue weighted by molar-refractivity contribution is 5.78. The average molecular weight is 400 g/mol. The number of carbonyl (C=O) groups excluding carboxylic acids is 1. The van der Waals surface area contributed by atoms with Crippen molar-refractivity contribution >= 4 is 5.91 Å². The Bertz CT molecular complexity index is 633. The second kappa shape index (κ2) is 9.27. The average Bonchev–Trinajstić information content (AvgIpc) is 2.59. The Morgan fingerprint density at radius 1 is 1.14 bits per heavy atom. The Morgan fingerprint density at radius 2 is 1.71 bits per heavy atom. The standard InChI is InChI=1S/C21H32F3N3O/c1-20(2,15-26(3)4)14-25-19(28)17-9-11-27(12-10-17)13-16-5-7-18(8-6-16)21(22,23)24/h5-8,17H,9-15H2,1-4H3,(H,25,28). The fourth-order valence-corrected chi connectivity index (χ4v) is 3.79. The molecular weight excluding hydrogens is 367 g/mol. The van der Waals surface area contributed by atoms with E-state index in [1.807, 2.05) is 14.1 Å². The first-order chi connectivity index (χ1) is 13.0. The minimum Gasteiger partial charge on any atom is -0.355 e. The molecule has 0 saturated carbocycles. The number of nitrogens with one attached hydrogen (secondary N) is 1. The molecule has 158 valence electrons. The number of amides is 1. The molecule has 2 rings (SSSR count). The lowest BCUT2D eigenvalue weighted by atomic mass is 9.91. The van der Waals surface area contributed by atoms with Crippen molar-refractivity contribution in [2.24, 2.45) is 11.3 Å². The molecule has 4 nitrogen and oxygen atoms in total. The Balaban J connectivity index is 1.77. The molecule has 28 heavy (non-hydrogen) atoms. The molecular formula is C21H32F3N3O. The summed E-state index contributed by atoms with van der Waals surface area (Å²) in [7, 11) is 4.05. The normalized spacial score (nSPS) is 17.1. The number of likely N-dealkylation sites (tertiary alicyclic amines) is 1. The van der Waals surface area contributed by atoms with Crippen LogP contribution in [0.1, 0.15) is 37.8 Å². The van der Waals surface area contributed by atoms with Gasteiger partial charge in [-0.2, -0.15) is 13.2 Å². The van der Waals surface area contributed by atoms with E-state index in [0.717, 1.165) is 50.2 Å².